The molecule has 4 nitrogen and oxygen atoms in total. The molecule has 1 rings (SSSR count). The molecule has 0 heterocycles. The van der Waals surface area contributed by atoms with Crippen molar-refractivity contribution in [1.29, 1.82) is 0 Å². The van der Waals surface area contributed by atoms with Crippen LogP contribution in [0.3, 0.4) is 0 Å². The van der Waals surface area contributed by atoms with Gasteiger partial charge in [0, 0.05) is 6.54 Å². The number of halogens is 1. The van der Waals surface area contributed by atoms with Gasteiger partial charge in [0.25, 0.3) is 0 Å². The number of benzene rings is 1. The third-order valence-electron chi connectivity index (χ3n) is 2.63. The molecule has 0 saturated heterocycles. The lowest BCUT2D eigenvalue weighted by atomic mass is 10.2. The highest BCUT2D eigenvalue weighted by molar-refractivity contribution is 7.98. The first kappa shape index (κ1) is 16.6. The standard InChI is InChI=1S/C12H19ClN2O2S2/c1-9-7-10(8-11(14)12(9)13)19(16,17)15-5-3-4-6-18-2/h7-8,15H,3-6,14H2,1-2H3. The van der Waals surface area contributed by atoms with E-state index in [9.17, 15) is 8.42 Å². The van der Waals surface area contributed by atoms with Crippen molar-refractivity contribution in [2.45, 2.75) is 24.7 Å². The Balaban J connectivity index is 2.72. The second-order valence-corrected chi connectivity index (χ2v) is 7.37. The van der Waals surface area contributed by atoms with Gasteiger partial charge in [0.1, 0.15) is 0 Å². The number of unbranched alkanes of at least 4 members (excludes halogenated alkanes) is 1. The summed E-state index contributed by atoms with van der Waals surface area (Å²) in [5, 5.41) is 0.402. The summed E-state index contributed by atoms with van der Waals surface area (Å²) >= 11 is 7.67. The Bertz CT molecular complexity index is 510. The highest BCUT2D eigenvalue weighted by Gasteiger charge is 2.16. The first-order chi connectivity index (χ1) is 8.88. The van der Waals surface area contributed by atoms with E-state index < -0.39 is 10.0 Å². The van der Waals surface area contributed by atoms with Crippen LogP contribution < -0.4 is 10.5 Å². The molecular formula is C12H19ClN2O2S2. The smallest absolute Gasteiger partial charge is 0.240 e. The number of nitrogens with two attached hydrogens (primary N) is 1. The van der Waals surface area contributed by atoms with Gasteiger partial charge in [-0.1, -0.05) is 11.6 Å². The Kier molecular flexibility index (Phi) is 6.46. The highest BCUT2D eigenvalue weighted by atomic mass is 35.5. The number of nitrogens with one attached hydrogen (secondary N) is 1. The van der Waals surface area contributed by atoms with E-state index in [1.807, 2.05) is 6.26 Å². The summed E-state index contributed by atoms with van der Waals surface area (Å²) in [5.74, 6) is 1.04. The summed E-state index contributed by atoms with van der Waals surface area (Å²) < 4.78 is 26.7. The third kappa shape index (κ3) is 4.87. The summed E-state index contributed by atoms with van der Waals surface area (Å²) in [5.41, 5.74) is 6.62. The Morgan fingerprint density at radius 3 is 2.63 bits per heavy atom. The predicted octanol–water partition coefficient (Wildman–Crippen LogP) is 2.65. The van der Waals surface area contributed by atoms with Gasteiger partial charge < -0.3 is 5.73 Å². The number of nitrogen functional groups attached to an aromatic ring is 1. The zero-order chi connectivity index (χ0) is 14.5. The fraction of sp³-hybridized carbons (Fsp3) is 0.500. The SMILES string of the molecule is CSCCCCNS(=O)(=O)c1cc(C)c(Cl)c(N)c1. The van der Waals surface area contributed by atoms with Gasteiger partial charge in [0.15, 0.2) is 0 Å². The number of thioether (sulfide) groups is 1. The normalized spacial score (nSPS) is 11.7. The van der Waals surface area contributed by atoms with Crippen molar-refractivity contribution in [2.24, 2.45) is 0 Å². The summed E-state index contributed by atoms with van der Waals surface area (Å²) in [6.45, 7) is 2.17. The van der Waals surface area contributed by atoms with E-state index in [2.05, 4.69) is 4.72 Å². The van der Waals surface area contributed by atoms with E-state index in [1.54, 1.807) is 18.7 Å². The van der Waals surface area contributed by atoms with Gasteiger partial charge in [-0.05, 0) is 49.5 Å². The molecule has 3 N–H and O–H groups in total. The topological polar surface area (TPSA) is 72.2 Å². The minimum atomic E-state index is -3.50. The molecule has 0 bridgehead atoms. The van der Waals surface area contributed by atoms with Crippen LogP contribution in [0.5, 0.6) is 0 Å². The monoisotopic (exact) mass is 322 g/mol. The quantitative estimate of drug-likeness (QED) is 0.598. The number of anilines is 1. The Labute approximate surface area is 124 Å². The summed E-state index contributed by atoms with van der Waals surface area (Å²) in [4.78, 5) is 0.164. The molecule has 19 heavy (non-hydrogen) atoms. The van der Waals surface area contributed by atoms with Crippen LogP contribution in [0.4, 0.5) is 5.69 Å². The third-order valence-corrected chi connectivity index (χ3v) is 5.29. The molecule has 0 aliphatic carbocycles. The van der Waals surface area contributed by atoms with Crippen molar-refractivity contribution in [3.8, 4) is 0 Å². The van der Waals surface area contributed by atoms with E-state index in [1.165, 1.54) is 12.1 Å². The molecule has 0 atom stereocenters. The van der Waals surface area contributed by atoms with Crippen LogP contribution in [-0.2, 0) is 10.0 Å². The number of hydrogen-bond donors (Lipinski definition) is 2. The van der Waals surface area contributed by atoms with E-state index in [-0.39, 0.29) is 10.6 Å². The Morgan fingerprint density at radius 2 is 2.05 bits per heavy atom. The average molecular weight is 323 g/mol. The number of rotatable bonds is 7. The van der Waals surface area contributed by atoms with Crippen LogP contribution in [0.25, 0.3) is 0 Å². The van der Waals surface area contributed by atoms with Crippen molar-refractivity contribution >= 4 is 39.1 Å². The molecule has 7 heteroatoms. The van der Waals surface area contributed by atoms with Gasteiger partial charge in [-0.2, -0.15) is 11.8 Å². The zero-order valence-corrected chi connectivity index (χ0v) is 13.5. The molecule has 0 aliphatic heterocycles. The van der Waals surface area contributed by atoms with Gasteiger partial charge in [-0.15, -0.1) is 0 Å². The van der Waals surface area contributed by atoms with Crippen molar-refractivity contribution in [2.75, 3.05) is 24.3 Å². The van der Waals surface area contributed by atoms with E-state index in [0.717, 1.165) is 18.6 Å². The van der Waals surface area contributed by atoms with Crippen LogP contribution in [-0.4, -0.2) is 27.0 Å². The molecule has 0 unspecified atom stereocenters. The molecular weight excluding hydrogens is 304 g/mol. The van der Waals surface area contributed by atoms with Crippen LogP contribution in [0.1, 0.15) is 18.4 Å². The minimum Gasteiger partial charge on any atom is -0.397 e. The highest BCUT2D eigenvalue weighted by Crippen LogP contribution is 2.26. The van der Waals surface area contributed by atoms with Gasteiger partial charge in [0.2, 0.25) is 10.0 Å². The van der Waals surface area contributed by atoms with Crippen molar-refractivity contribution in [1.82, 2.24) is 4.72 Å². The zero-order valence-electron chi connectivity index (χ0n) is 11.1. The van der Waals surface area contributed by atoms with E-state index in [4.69, 9.17) is 17.3 Å². The van der Waals surface area contributed by atoms with E-state index in [0.29, 0.717) is 17.1 Å². The molecule has 108 valence electrons. The number of hydrogen-bond acceptors (Lipinski definition) is 4. The maximum Gasteiger partial charge on any atom is 0.240 e. The lowest BCUT2D eigenvalue weighted by Crippen LogP contribution is -2.25. The molecule has 0 amide bonds. The molecule has 0 spiro atoms. The first-order valence-electron chi connectivity index (χ1n) is 5.92. The summed E-state index contributed by atoms with van der Waals surface area (Å²) in [6.07, 6.45) is 3.84. The fourth-order valence-corrected chi connectivity index (χ4v) is 3.37. The Hall–Kier alpha value is -0.430. The largest absolute Gasteiger partial charge is 0.397 e. The van der Waals surface area contributed by atoms with Gasteiger partial charge in [-0.25, -0.2) is 13.1 Å². The summed E-state index contributed by atoms with van der Waals surface area (Å²) in [7, 11) is -3.50. The molecule has 0 fully saturated rings. The van der Waals surface area contributed by atoms with Crippen molar-refractivity contribution in [3.05, 3.63) is 22.7 Å². The van der Waals surface area contributed by atoms with Crippen molar-refractivity contribution in [3.63, 3.8) is 0 Å². The van der Waals surface area contributed by atoms with Crippen LogP contribution in [0.2, 0.25) is 5.02 Å². The lowest BCUT2D eigenvalue weighted by Gasteiger charge is -2.10. The maximum absolute atomic E-state index is 12.1. The molecule has 1 aromatic carbocycles. The second-order valence-electron chi connectivity index (χ2n) is 4.24. The van der Waals surface area contributed by atoms with Crippen LogP contribution in [0.15, 0.2) is 17.0 Å². The van der Waals surface area contributed by atoms with Crippen molar-refractivity contribution < 1.29 is 8.42 Å². The predicted molar refractivity (Wildman–Crippen MR) is 83.4 cm³/mol. The second kappa shape index (κ2) is 7.38. The Morgan fingerprint density at radius 1 is 1.37 bits per heavy atom. The fourth-order valence-electron chi connectivity index (χ4n) is 1.58. The van der Waals surface area contributed by atoms with Crippen LogP contribution >= 0.6 is 23.4 Å². The van der Waals surface area contributed by atoms with Gasteiger partial charge >= 0.3 is 0 Å². The lowest BCUT2D eigenvalue weighted by molar-refractivity contribution is 0.578. The summed E-state index contributed by atoms with van der Waals surface area (Å²) in [6, 6.07) is 2.92. The molecule has 0 radical (unpaired) electrons. The molecule has 1 aromatic rings. The first-order valence-corrected chi connectivity index (χ1v) is 9.18. The van der Waals surface area contributed by atoms with Gasteiger partial charge in [-0.3, -0.25) is 0 Å². The minimum absolute atomic E-state index is 0.164. The average Bonchev–Trinajstić information content (AvgIpc) is 2.35. The molecule has 0 saturated carbocycles. The molecule has 0 aromatic heterocycles. The number of sulfonamides is 1. The van der Waals surface area contributed by atoms with E-state index >= 15 is 0 Å². The maximum atomic E-state index is 12.1. The van der Waals surface area contributed by atoms with Gasteiger partial charge in [0.05, 0.1) is 15.6 Å². The van der Waals surface area contributed by atoms with Crippen LogP contribution in [0, 0.1) is 6.92 Å². The number of aryl methyl sites for hydroxylation is 1. The molecule has 0 aliphatic rings.